The van der Waals surface area contributed by atoms with Crippen LogP contribution in [0.3, 0.4) is 0 Å². The normalized spacial score (nSPS) is 20.3. The van der Waals surface area contributed by atoms with Crippen molar-refractivity contribution in [2.24, 2.45) is 4.99 Å². The second kappa shape index (κ2) is 9.54. The van der Waals surface area contributed by atoms with Crippen LogP contribution in [0.25, 0.3) is 5.57 Å². The number of ether oxygens (including phenoxy) is 1. The number of allylic oxidation sites excluding steroid dienone is 3. The van der Waals surface area contributed by atoms with E-state index in [1.54, 1.807) is 12.1 Å². The van der Waals surface area contributed by atoms with Crippen LogP contribution in [0.2, 0.25) is 0 Å². The van der Waals surface area contributed by atoms with Crippen LogP contribution >= 0.6 is 0 Å². The third kappa shape index (κ3) is 5.93. The highest BCUT2D eigenvalue weighted by molar-refractivity contribution is 7.86. The second-order valence-corrected chi connectivity index (χ2v) is 14.0. The lowest BCUT2D eigenvalue weighted by atomic mass is 9.86. The van der Waals surface area contributed by atoms with Gasteiger partial charge in [-0.3, -0.25) is 14.1 Å². The molecule has 1 aromatic rings. The van der Waals surface area contributed by atoms with Crippen molar-refractivity contribution in [3.8, 4) is 5.75 Å². The van der Waals surface area contributed by atoms with Crippen LogP contribution in [0.4, 0.5) is 11.4 Å². The first-order valence-corrected chi connectivity index (χ1v) is 15.5. The molecule has 0 saturated heterocycles. The molecule has 0 bridgehead atoms. The molecule has 12 heteroatoms. The lowest BCUT2D eigenvalue weighted by Crippen LogP contribution is -2.42. The molecule has 0 aromatic heterocycles. The van der Waals surface area contributed by atoms with Crippen molar-refractivity contribution < 1.29 is 35.3 Å². The zero-order valence-electron chi connectivity index (χ0n) is 22.9. The Balaban J connectivity index is 1.76. The molecule has 2 heterocycles. The van der Waals surface area contributed by atoms with E-state index in [1.807, 2.05) is 75.6 Å². The Kier molecular flexibility index (Phi) is 7.08. The first kappa shape index (κ1) is 28.9. The molecule has 0 fully saturated rings. The standard InChI is InChI=1S/C27H33N3O7S2/c1-26(2)13-17(15-38(31,32)33)20-9-8-19(10-23(20)29(26)6)37-25-12-24-21(11-22(25)28-5)18(16-39(34,35)36)14-27(3,4)30(24)7/h9-14H,5,8,15-16H2,1-4,6-7H3,(H-,31,32,33,34,35,36)/p+1. The Morgan fingerprint density at radius 3 is 2.26 bits per heavy atom. The quantitative estimate of drug-likeness (QED) is 0.284. The first-order chi connectivity index (χ1) is 17.8. The van der Waals surface area contributed by atoms with Gasteiger partial charge in [0.1, 0.15) is 30.0 Å². The summed E-state index contributed by atoms with van der Waals surface area (Å²) in [6.07, 6.45) is 7.72. The fraction of sp³-hybridized carbons (Fsp3) is 0.407. The van der Waals surface area contributed by atoms with Crippen molar-refractivity contribution in [2.45, 2.75) is 45.2 Å². The fourth-order valence-electron chi connectivity index (χ4n) is 5.13. The molecule has 0 amide bonds. The van der Waals surface area contributed by atoms with Gasteiger partial charge >= 0.3 is 0 Å². The predicted molar refractivity (Wildman–Crippen MR) is 154 cm³/mol. The molecule has 210 valence electrons. The molecule has 1 aliphatic carbocycles. The maximum Gasteiger partial charge on any atom is 0.269 e. The summed E-state index contributed by atoms with van der Waals surface area (Å²) in [7, 11) is -4.71. The molecule has 39 heavy (non-hydrogen) atoms. The van der Waals surface area contributed by atoms with E-state index in [-0.39, 0.29) is 0 Å². The largest absolute Gasteiger partial charge is 0.459 e. The number of anilines is 1. The minimum Gasteiger partial charge on any atom is -0.459 e. The molecule has 0 unspecified atom stereocenters. The monoisotopic (exact) mass is 576 g/mol. The van der Waals surface area contributed by atoms with Gasteiger partial charge < -0.3 is 9.64 Å². The molecule has 10 nitrogen and oxygen atoms in total. The lowest BCUT2D eigenvalue weighted by molar-refractivity contribution is -0.561. The summed E-state index contributed by atoms with van der Waals surface area (Å²) in [6, 6.07) is 3.47. The average Bonchev–Trinajstić information content (AvgIpc) is 2.78. The Labute approximate surface area is 229 Å². The second-order valence-electron chi connectivity index (χ2n) is 11.1. The van der Waals surface area contributed by atoms with Crippen LogP contribution in [0, 0.1) is 0 Å². The fourth-order valence-corrected chi connectivity index (χ4v) is 6.40. The lowest BCUT2D eigenvalue weighted by Gasteiger charge is -2.41. The molecular weight excluding hydrogens is 542 g/mol. The summed E-state index contributed by atoms with van der Waals surface area (Å²) in [5.41, 5.74) is 3.10. The molecule has 2 aliphatic heterocycles. The minimum atomic E-state index is -4.27. The van der Waals surface area contributed by atoms with Crippen molar-refractivity contribution in [1.29, 1.82) is 0 Å². The first-order valence-electron chi connectivity index (χ1n) is 12.2. The SMILES string of the molecule is C=Nc1cc2c(cc1OC1=CC3=[N+](C)C(C)(C)C=C(CS(=O)(=O)O)C3=CC1)N(C)C(C)(C)C=C2CS(=O)(=O)O. The van der Waals surface area contributed by atoms with Gasteiger partial charge in [-0.1, -0.05) is 12.2 Å². The van der Waals surface area contributed by atoms with Gasteiger partial charge in [-0.15, -0.1) is 0 Å². The van der Waals surface area contributed by atoms with E-state index in [0.717, 1.165) is 11.3 Å². The topological polar surface area (TPSA) is 137 Å². The van der Waals surface area contributed by atoms with Crippen molar-refractivity contribution >= 4 is 49.6 Å². The Bertz CT molecular complexity index is 1640. The maximum atomic E-state index is 11.7. The van der Waals surface area contributed by atoms with Crippen LogP contribution in [0.1, 0.15) is 39.7 Å². The number of nitrogens with zero attached hydrogens (tertiary/aromatic N) is 3. The van der Waals surface area contributed by atoms with Gasteiger partial charge in [0.05, 0.1) is 5.54 Å². The van der Waals surface area contributed by atoms with E-state index in [0.29, 0.717) is 46.0 Å². The van der Waals surface area contributed by atoms with Gasteiger partial charge in [0.25, 0.3) is 20.2 Å². The molecular formula is C27H34N3O7S2+. The molecule has 3 aliphatic rings. The van der Waals surface area contributed by atoms with Gasteiger partial charge in [-0.25, -0.2) is 4.58 Å². The van der Waals surface area contributed by atoms with Crippen LogP contribution in [-0.2, 0) is 20.2 Å². The average molecular weight is 577 g/mol. The zero-order chi connectivity index (χ0) is 29.1. The molecule has 0 radical (unpaired) electrons. The van der Waals surface area contributed by atoms with Crippen LogP contribution in [0.15, 0.2) is 58.3 Å². The van der Waals surface area contributed by atoms with Crippen molar-refractivity contribution in [2.75, 3.05) is 30.5 Å². The summed E-state index contributed by atoms with van der Waals surface area (Å²) in [4.78, 5) is 6.10. The molecule has 0 spiro atoms. The third-order valence-corrected chi connectivity index (χ3v) is 8.80. The summed E-state index contributed by atoms with van der Waals surface area (Å²) in [5.74, 6) is -0.0249. The van der Waals surface area contributed by atoms with Gasteiger partial charge in [-0.05, 0) is 43.9 Å². The van der Waals surface area contributed by atoms with Gasteiger partial charge in [0.2, 0.25) is 5.71 Å². The summed E-state index contributed by atoms with van der Waals surface area (Å²) >= 11 is 0. The molecule has 0 saturated carbocycles. The number of hydrogen-bond acceptors (Lipinski definition) is 7. The van der Waals surface area contributed by atoms with Crippen LogP contribution in [-0.4, -0.2) is 79.6 Å². The molecule has 1 aromatic carbocycles. The number of rotatable bonds is 7. The summed E-state index contributed by atoms with van der Waals surface area (Å²) < 4.78 is 74.3. The van der Waals surface area contributed by atoms with E-state index in [4.69, 9.17) is 4.74 Å². The predicted octanol–water partition coefficient (Wildman–Crippen LogP) is 3.80. The number of benzene rings is 1. The zero-order valence-corrected chi connectivity index (χ0v) is 24.5. The van der Waals surface area contributed by atoms with Gasteiger partial charge in [0.15, 0.2) is 11.3 Å². The van der Waals surface area contributed by atoms with Crippen LogP contribution < -0.4 is 9.64 Å². The summed E-state index contributed by atoms with van der Waals surface area (Å²) in [6.45, 7) is 11.4. The van der Waals surface area contributed by atoms with E-state index < -0.39 is 42.8 Å². The number of likely N-dealkylation sites (N-methyl/N-ethyl adjacent to an activating group) is 2. The van der Waals surface area contributed by atoms with Gasteiger partial charge in [-0.2, -0.15) is 16.8 Å². The Morgan fingerprint density at radius 2 is 1.67 bits per heavy atom. The van der Waals surface area contributed by atoms with E-state index in [9.17, 15) is 25.9 Å². The highest BCUT2D eigenvalue weighted by Gasteiger charge is 2.39. The van der Waals surface area contributed by atoms with E-state index in [2.05, 4.69) is 11.7 Å². The smallest absolute Gasteiger partial charge is 0.269 e. The van der Waals surface area contributed by atoms with Crippen molar-refractivity contribution in [3.05, 3.63) is 58.9 Å². The van der Waals surface area contributed by atoms with E-state index in [1.165, 1.54) is 0 Å². The maximum absolute atomic E-state index is 11.7. The van der Waals surface area contributed by atoms with Crippen molar-refractivity contribution in [3.63, 3.8) is 0 Å². The summed E-state index contributed by atoms with van der Waals surface area (Å²) in [5, 5.41) is 0. The molecule has 4 rings (SSSR count). The minimum absolute atomic E-state index is 0.360. The van der Waals surface area contributed by atoms with Crippen molar-refractivity contribution in [1.82, 2.24) is 0 Å². The van der Waals surface area contributed by atoms with E-state index >= 15 is 0 Å². The Hall–Kier alpha value is -3.06. The molecule has 0 atom stereocenters. The molecule has 2 N–H and O–H groups in total. The van der Waals surface area contributed by atoms with Gasteiger partial charge in [0, 0.05) is 56.3 Å². The highest BCUT2D eigenvalue weighted by atomic mass is 32.2. The number of aliphatic imine (C=N–C) groups is 1. The highest BCUT2D eigenvalue weighted by Crippen LogP contribution is 2.45. The van der Waals surface area contributed by atoms with Crippen LogP contribution in [0.5, 0.6) is 5.75 Å². The number of hydrogen-bond donors (Lipinski definition) is 2. The number of fused-ring (bicyclic) bond motifs is 2. The Morgan fingerprint density at radius 1 is 1.05 bits per heavy atom. The third-order valence-electron chi connectivity index (χ3n) is 7.44.